The standard InChI is InChI=1S/C24H37FN4O4/c1-17-8-9-21(20(25)16-22(29(31)32)19(17)12-13-26(5)6)27(7)18-10-14-28(15-11-18)23(30)33-24(2,3)4/h12-13,16,18H,8-11,14-15H2,1-7H3/b13-12+,19-17+,21-20-,22-16+. The monoisotopic (exact) mass is 464 g/mol. The third-order valence-electron chi connectivity index (χ3n) is 5.84. The molecule has 8 nitrogen and oxygen atoms in total. The molecule has 0 aromatic carbocycles. The van der Waals surface area contributed by atoms with Crippen molar-refractivity contribution < 1.29 is 18.8 Å². The zero-order chi connectivity index (χ0) is 24.9. The van der Waals surface area contributed by atoms with Crippen LogP contribution in [0, 0.1) is 10.1 Å². The van der Waals surface area contributed by atoms with Gasteiger partial charge >= 0.3 is 6.09 Å². The minimum absolute atomic E-state index is 0.0358. The fourth-order valence-corrected chi connectivity index (χ4v) is 3.99. The van der Waals surface area contributed by atoms with Gasteiger partial charge in [-0.2, -0.15) is 0 Å². The number of likely N-dealkylation sites (tertiary alicyclic amines) is 1. The molecule has 33 heavy (non-hydrogen) atoms. The first-order valence-corrected chi connectivity index (χ1v) is 11.3. The first-order valence-electron chi connectivity index (χ1n) is 11.3. The molecule has 2 rings (SSSR count). The van der Waals surface area contributed by atoms with E-state index in [1.165, 1.54) is 0 Å². The van der Waals surface area contributed by atoms with Crippen molar-refractivity contribution in [2.45, 2.75) is 65.0 Å². The van der Waals surface area contributed by atoms with Crippen molar-refractivity contribution in [1.29, 1.82) is 0 Å². The molecule has 0 saturated carbocycles. The first-order chi connectivity index (χ1) is 15.3. The lowest BCUT2D eigenvalue weighted by Gasteiger charge is -2.39. The van der Waals surface area contributed by atoms with Crippen molar-refractivity contribution in [3.05, 3.63) is 56.8 Å². The van der Waals surface area contributed by atoms with Gasteiger partial charge in [0.05, 0.1) is 22.3 Å². The number of rotatable bonds is 5. The van der Waals surface area contributed by atoms with Crippen LogP contribution in [0.3, 0.4) is 0 Å². The summed E-state index contributed by atoms with van der Waals surface area (Å²) in [5.74, 6) is -0.581. The number of amides is 1. The van der Waals surface area contributed by atoms with Crippen LogP contribution in [0.4, 0.5) is 9.18 Å². The predicted molar refractivity (Wildman–Crippen MR) is 127 cm³/mol. The van der Waals surface area contributed by atoms with Gasteiger partial charge in [0.2, 0.25) is 0 Å². The lowest BCUT2D eigenvalue weighted by Crippen LogP contribution is -2.46. The molecule has 0 N–H and O–H groups in total. The molecule has 9 heteroatoms. The van der Waals surface area contributed by atoms with E-state index in [9.17, 15) is 14.9 Å². The van der Waals surface area contributed by atoms with E-state index in [1.807, 2.05) is 53.7 Å². The Labute approximate surface area is 196 Å². The van der Waals surface area contributed by atoms with Crippen molar-refractivity contribution in [1.82, 2.24) is 14.7 Å². The fraction of sp³-hybridized carbons (Fsp3) is 0.625. The lowest BCUT2D eigenvalue weighted by molar-refractivity contribution is -0.420. The molecule has 1 fully saturated rings. The fourth-order valence-electron chi connectivity index (χ4n) is 3.99. The van der Waals surface area contributed by atoms with Crippen molar-refractivity contribution in [3.63, 3.8) is 0 Å². The summed E-state index contributed by atoms with van der Waals surface area (Å²) >= 11 is 0. The number of nitrogens with zero attached hydrogens (tertiary/aromatic N) is 4. The third-order valence-corrected chi connectivity index (χ3v) is 5.84. The Morgan fingerprint density at radius 2 is 1.85 bits per heavy atom. The molecule has 1 aliphatic heterocycles. The van der Waals surface area contributed by atoms with E-state index in [-0.39, 0.29) is 17.8 Å². The third kappa shape index (κ3) is 7.33. The average Bonchev–Trinajstić information content (AvgIpc) is 2.70. The van der Waals surface area contributed by atoms with Crippen molar-refractivity contribution in [3.8, 4) is 0 Å². The van der Waals surface area contributed by atoms with Gasteiger partial charge in [-0.05, 0) is 65.7 Å². The smallest absolute Gasteiger partial charge is 0.410 e. The van der Waals surface area contributed by atoms with Crippen LogP contribution in [0.1, 0.15) is 53.4 Å². The van der Waals surface area contributed by atoms with E-state index in [4.69, 9.17) is 4.74 Å². The second-order valence-electron chi connectivity index (χ2n) is 9.86. The van der Waals surface area contributed by atoms with Gasteiger partial charge in [0.15, 0.2) is 0 Å². The van der Waals surface area contributed by atoms with Crippen molar-refractivity contribution in [2.75, 3.05) is 34.2 Å². The zero-order valence-electron chi connectivity index (χ0n) is 20.9. The maximum atomic E-state index is 15.3. The molecular weight excluding hydrogens is 427 g/mol. The molecular formula is C24H37FN4O4. The molecule has 0 radical (unpaired) electrons. The average molecular weight is 465 g/mol. The molecule has 1 heterocycles. The normalized spacial score (nSPS) is 24.7. The number of hydrogen-bond donors (Lipinski definition) is 0. The van der Waals surface area contributed by atoms with E-state index in [0.29, 0.717) is 50.0 Å². The van der Waals surface area contributed by atoms with Gasteiger partial charge in [-0.1, -0.05) is 5.57 Å². The quantitative estimate of drug-likeness (QED) is 0.428. The topological polar surface area (TPSA) is 79.2 Å². The molecule has 2 aliphatic rings. The van der Waals surface area contributed by atoms with Crippen molar-refractivity contribution in [2.24, 2.45) is 0 Å². The van der Waals surface area contributed by atoms with Crippen LogP contribution in [-0.2, 0) is 4.74 Å². The van der Waals surface area contributed by atoms with E-state index >= 15 is 4.39 Å². The highest BCUT2D eigenvalue weighted by Crippen LogP contribution is 2.32. The van der Waals surface area contributed by atoms with Crippen LogP contribution in [0.25, 0.3) is 0 Å². The van der Waals surface area contributed by atoms with Crippen LogP contribution in [0.5, 0.6) is 0 Å². The Hall–Kier alpha value is -2.84. The summed E-state index contributed by atoms with van der Waals surface area (Å²) in [6.07, 6.45) is 6.40. The van der Waals surface area contributed by atoms with Crippen LogP contribution in [0.2, 0.25) is 0 Å². The predicted octanol–water partition coefficient (Wildman–Crippen LogP) is 4.85. The highest BCUT2D eigenvalue weighted by atomic mass is 19.1. The van der Waals surface area contributed by atoms with Crippen LogP contribution in [-0.4, -0.2) is 71.6 Å². The molecule has 0 aromatic rings. The first kappa shape index (κ1) is 26.4. The number of carbonyl (C=O) groups excluding carboxylic acids is 1. The van der Waals surface area contributed by atoms with Gasteiger partial charge in [-0.15, -0.1) is 0 Å². The molecule has 0 aromatic heterocycles. The number of piperidine rings is 1. The number of hydrogen-bond acceptors (Lipinski definition) is 6. The largest absolute Gasteiger partial charge is 0.444 e. The Kier molecular flexibility index (Phi) is 8.69. The minimum Gasteiger partial charge on any atom is -0.444 e. The Morgan fingerprint density at radius 1 is 1.24 bits per heavy atom. The molecule has 1 amide bonds. The second kappa shape index (κ2) is 10.9. The van der Waals surface area contributed by atoms with Gasteiger partial charge in [-0.3, -0.25) is 10.1 Å². The Morgan fingerprint density at radius 3 is 2.36 bits per heavy atom. The van der Waals surface area contributed by atoms with Crippen LogP contribution < -0.4 is 0 Å². The summed E-state index contributed by atoms with van der Waals surface area (Å²) in [5, 5.41) is 11.7. The van der Waals surface area contributed by atoms with Crippen LogP contribution >= 0.6 is 0 Å². The maximum absolute atomic E-state index is 15.3. The van der Waals surface area contributed by atoms with E-state index in [2.05, 4.69) is 0 Å². The summed E-state index contributed by atoms with van der Waals surface area (Å²) in [4.78, 5) is 28.9. The maximum Gasteiger partial charge on any atom is 0.410 e. The SMILES string of the molecule is C/C1=C(/C=C/N(C)C)C(\[N+](=O)[O-])=C/C(F)=C(/N(C)C2CCN(C(=O)OC(C)(C)C)CC2)CC1. The number of allylic oxidation sites excluding steroid dienone is 5. The van der Waals surface area contributed by atoms with Crippen molar-refractivity contribution >= 4 is 6.09 Å². The van der Waals surface area contributed by atoms with E-state index in [0.717, 1.165) is 11.6 Å². The molecule has 0 spiro atoms. The number of halogens is 1. The molecule has 0 unspecified atom stereocenters. The molecule has 184 valence electrons. The highest BCUT2D eigenvalue weighted by Gasteiger charge is 2.31. The van der Waals surface area contributed by atoms with E-state index < -0.39 is 16.4 Å². The summed E-state index contributed by atoms with van der Waals surface area (Å²) in [6.45, 7) is 8.40. The zero-order valence-corrected chi connectivity index (χ0v) is 20.9. The lowest BCUT2D eigenvalue weighted by atomic mass is 9.96. The van der Waals surface area contributed by atoms with Gasteiger partial charge in [0.25, 0.3) is 5.70 Å². The highest BCUT2D eigenvalue weighted by molar-refractivity contribution is 5.68. The number of carbonyl (C=O) groups is 1. The second-order valence-corrected chi connectivity index (χ2v) is 9.86. The summed E-state index contributed by atoms with van der Waals surface area (Å²) in [6, 6.07) is 0.0358. The Bertz CT molecular complexity index is 875. The summed E-state index contributed by atoms with van der Waals surface area (Å²) < 4.78 is 20.8. The molecule has 1 aliphatic carbocycles. The number of ether oxygens (including phenoxy) is 1. The summed E-state index contributed by atoms with van der Waals surface area (Å²) in [7, 11) is 5.48. The van der Waals surface area contributed by atoms with Gasteiger partial charge < -0.3 is 19.4 Å². The minimum atomic E-state index is -0.581. The van der Waals surface area contributed by atoms with Gasteiger partial charge in [0.1, 0.15) is 11.4 Å². The molecule has 0 bridgehead atoms. The molecule has 0 atom stereocenters. The number of nitro groups is 1. The summed E-state index contributed by atoms with van der Waals surface area (Å²) in [5.41, 5.74) is 0.948. The van der Waals surface area contributed by atoms with Gasteiger partial charge in [0, 0.05) is 40.3 Å². The van der Waals surface area contributed by atoms with Crippen LogP contribution in [0.15, 0.2) is 46.7 Å². The molecule has 1 saturated heterocycles. The Balaban J connectivity index is 2.21. The van der Waals surface area contributed by atoms with E-state index in [1.54, 1.807) is 22.1 Å². The van der Waals surface area contributed by atoms with Gasteiger partial charge in [-0.25, -0.2) is 9.18 Å².